The Labute approximate surface area is 196 Å². The smallest absolute Gasteiger partial charge is 0.255 e. The zero-order valence-corrected chi connectivity index (χ0v) is 19.2. The predicted molar refractivity (Wildman–Crippen MR) is 129 cm³/mol. The van der Waals surface area contributed by atoms with E-state index in [0.717, 1.165) is 35.3 Å². The molecule has 0 unspecified atom stereocenters. The molecule has 0 aliphatic carbocycles. The minimum atomic E-state index is -0.147. The average Bonchev–Trinajstić information content (AvgIpc) is 3.16. The van der Waals surface area contributed by atoms with Gasteiger partial charge in [-0.2, -0.15) is 0 Å². The molecule has 164 valence electrons. The molecule has 0 bridgehead atoms. The Morgan fingerprint density at radius 3 is 2.62 bits per heavy atom. The van der Waals surface area contributed by atoms with E-state index >= 15 is 0 Å². The first kappa shape index (κ1) is 22.2. The number of imidazole rings is 1. The van der Waals surface area contributed by atoms with Crippen molar-refractivity contribution in [2.45, 2.75) is 19.4 Å². The Kier molecular flexibility index (Phi) is 6.98. The molecule has 1 N–H and O–H groups in total. The summed E-state index contributed by atoms with van der Waals surface area (Å²) in [5.41, 5.74) is 3.59. The van der Waals surface area contributed by atoms with Crippen molar-refractivity contribution in [1.82, 2.24) is 14.9 Å². The van der Waals surface area contributed by atoms with Crippen LogP contribution in [0.5, 0.6) is 5.75 Å². The SMILES string of the molecule is COc1ccccc1C(=O)NCCCc1nc2ccccc2n1Cc1ccc(Cl)c(Cl)c1. The molecule has 1 heterocycles. The monoisotopic (exact) mass is 467 g/mol. The van der Waals surface area contributed by atoms with E-state index < -0.39 is 0 Å². The number of rotatable bonds is 8. The number of amides is 1. The van der Waals surface area contributed by atoms with Gasteiger partial charge in [0, 0.05) is 19.5 Å². The second-order valence-corrected chi connectivity index (χ2v) is 8.23. The molecule has 1 aromatic heterocycles. The summed E-state index contributed by atoms with van der Waals surface area (Å²) in [6, 6.07) is 20.9. The van der Waals surface area contributed by atoms with Crippen LogP contribution in [-0.2, 0) is 13.0 Å². The van der Waals surface area contributed by atoms with Gasteiger partial charge in [-0.1, -0.05) is 53.5 Å². The Bertz CT molecular complexity index is 1250. The number of halogens is 2. The molecule has 4 aromatic rings. The van der Waals surface area contributed by atoms with E-state index in [4.69, 9.17) is 32.9 Å². The van der Waals surface area contributed by atoms with Gasteiger partial charge in [0.1, 0.15) is 11.6 Å². The van der Waals surface area contributed by atoms with E-state index in [1.807, 2.05) is 48.5 Å². The van der Waals surface area contributed by atoms with Gasteiger partial charge in [0.15, 0.2) is 0 Å². The van der Waals surface area contributed by atoms with Crippen LogP contribution >= 0.6 is 23.2 Å². The molecule has 3 aromatic carbocycles. The maximum absolute atomic E-state index is 12.5. The number of carbonyl (C=O) groups is 1. The van der Waals surface area contributed by atoms with E-state index in [0.29, 0.717) is 34.4 Å². The van der Waals surface area contributed by atoms with Crippen molar-refractivity contribution in [2.75, 3.05) is 13.7 Å². The van der Waals surface area contributed by atoms with Gasteiger partial charge in [0.2, 0.25) is 0 Å². The van der Waals surface area contributed by atoms with E-state index in [-0.39, 0.29) is 5.91 Å². The minimum absolute atomic E-state index is 0.147. The predicted octanol–water partition coefficient (Wildman–Crippen LogP) is 5.76. The molecule has 1 amide bonds. The van der Waals surface area contributed by atoms with Crippen LogP contribution in [0.3, 0.4) is 0 Å². The summed E-state index contributed by atoms with van der Waals surface area (Å²) in [5, 5.41) is 4.05. The molecule has 32 heavy (non-hydrogen) atoms. The van der Waals surface area contributed by atoms with Crippen LogP contribution in [-0.4, -0.2) is 29.1 Å². The Hall–Kier alpha value is -3.02. The van der Waals surface area contributed by atoms with Gasteiger partial charge < -0.3 is 14.6 Å². The van der Waals surface area contributed by atoms with Gasteiger partial charge in [-0.05, 0) is 48.4 Å². The van der Waals surface area contributed by atoms with E-state index in [2.05, 4.69) is 16.0 Å². The first-order chi connectivity index (χ1) is 15.6. The van der Waals surface area contributed by atoms with Crippen molar-refractivity contribution in [1.29, 1.82) is 0 Å². The molecule has 0 saturated carbocycles. The molecule has 0 atom stereocenters. The van der Waals surface area contributed by atoms with Crippen molar-refractivity contribution < 1.29 is 9.53 Å². The molecular formula is C25H23Cl2N3O2. The van der Waals surface area contributed by atoms with Crippen LogP contribution in [0.4, 0.5) is 0 Å². The second-order valence-electron chi connectivity index (χ2n) is 7.41. The van der Waals surface area contributed by atoms with Crippen molar-refractivity contribution >= 4 is 40.1 Å². The highest BCUT2D eigenvalue weighted by molar-refractivity contribution is 6.42. The standard InChI is InChI=1S/C25H23Cl2N3O2/c1-32-23-10-5-2-7-18(23)25(31)28-14-6-11-24-29-21-8-3-4-9-22(21)30(24)16-17-12-13-19(26)20(27)15-17/h2-5,7-10,12-13,15H,6,11,14,16H2,1H3,(H,28,31). The van der Waals surface area contributed by atoms with Gasteiger partial charge in [-0.25, -0.2) is 4.98 Å². The molecule has 0 saturated heterocycles. The third kappa shape index (κ3) is 4.90. The first-order valence-electron chi connectivity index (χ1n) is 10.4. The van der Waals surface area contributed by atoms with E-state index in [1.165, 1.54) is 0 Å². The van der Waals surface area contributed by atoms with Crippen molar-refractivity contribution in [3.63, 3.8) is 0 Å². The maximum atomic E-state index is 12.5. The number of para-hydroxylation sites is 3. The third-order valence-corrected chi connectivity index (χ3v) is 6.01. The highest BCUT2D eigenvalue weighted by Crippen LogP contribution is 2.25. The molecule has 4 rings (SSSR count). The number of ether oxygens (including phenoxy) is 1. The molecule has 5 nitrogen and oxygen atoms in total. The summed E-state index contributed by atoms with van der Waals surface area (Å²) in [6.07, 6.45) is 1.48. The Morgan fingerprint density at radius 2 is 1.81 bits per heavy atom. The fourth-order valence-corrected chi connectivity index (χ4v) is 4.01. The van der Waals surface area contributed by atoms with Gasteiger partial charge in [0.05, 0.1) is 33.8 Å². The number of benzene rings is 3. The number of aryl methyl sites for hydroxylation is 1. The second kappa shape index (κ2) is 10.1. The summed E-state index contributed by atoms with van der Waals surface area (Å²) in [7, 11) is 1.56. The zero-order valence-electron chi connectivity index (χ0n) is 17.6. The lowest BCUT2D eigenvalue weighted by atomic mass is 10.2. The Morgan fingerprint density at radius 1 is 1.03 bits per heavy atom. The summed E-state index contributed by atoms with van der Waals surface area (Å²) < 4.78 is 7.46. The number of nitrogens with zero attached hydrogens (tertiary/aromatic N) is 2. The van der Waals surface area contributed by atoms with Crippen LogP contribution in [0.2, 0.25) is 10.0 Å². The average molecular weight is 468 g/mol. The summed E-state index contributed by atoms with van der Waals surface area (Å²) >= 11 is 12.3. The lowest BCUT2D eigenvalue weighted by molar-refractivity contribution is 0.0950. The maximum Gasteiger partial charge on any atom is 0.255 e. The number of fused-ring (bicyclic) bond motifs is 1. The molecule has 0 fully saturated rings. The third-order valence-electron chi connectivity index (χ3n) is 5.27. The van der Waals surface area contributed by atoms with Gasteiger partial charge >= 0.3 is 0 Å². The summed E-state index contributed by atoms with van der Waals surface area (Å²) in [4.78, 5) is 17.3. The van der Waals surface area contributed by atoms with Gasteiger partial charge in [0.25, 0.3) is 5.91 Å². The molecule has 0 spiro atoms. The van der Waals surface area contributed by atoms with Crippen LogP contribution < -0.4 is 10.1 Å². The molecule has 0 aliphatic heterocycles. The summed E-state index contributed by atoms with van der Waals surface area (Å²) in [5.74, 6) is 1.38. The number of nitrogens with one attached hydrogen (secondary N) is 1. The van der Waals surface area contributed by atoms with Crippen LogP contribution in [0.15, 0.2) is 66.7 Å². The van der Waals surface area contributed by atoms with E-state index in [1.54, 1.807) is 19.2 Å². The quantitative estimate of drug-likeness (QED) is 0.335. The van der Waals surface area contributed by atoms with Crippen LogP contribution in [0.25, 0.3) is 11.0 Å². The molecule has 7 heteroatoms. The van der Waals surface area contributed by atoms with Crippen LogP contribution in [0, 0.1) is 0 Å². The normalized spacial score (nSPS) is 11.0. The first-order valence-corrected chi connectivity index (χ1v) is 11.1. The number of hydrogen-bond donors (Lipinski definition) is 1. The van der Waals surface area contributed by atoms with Crippen molar-refractivity contribution in [2.24, 2.45) is 0 Å². The molecular weight excluding hydrogens is 445 g/mol. The number of methoxy groups -OCH3 is 1. The van der Waals surface area contributed by atoms with Crippen molar-refractivity contribution in [3.8, 4) is 5.75 Å². The number of aromatic nitrogens is 2. The lowest BCUT2D eigenvalue weighted by Gasteiger charge is -2.11. The van der Waals surface area contributed by atoms with Crippen LogP contribution in [0.1, 0.15) is 28.2 Å². The van der Waals surface area contributed by atoms with Gasteiger partial charge in [-0.15, -0.1) is 0 Å². The lowest BCUT2D eigenvalue weighted by Crippen LogP contribution is -2.25. The minimum Gasteiger partial charge on any atom is -0.496 e. The zero-order chi connectivity index (χ0) is 22.5. The Balaban J connectivity index is 1.46. The number of hydrogen-bond acceptors (Lipinski definition) is 3. The summed E-state index contributed by atoms with van der Waals surface area (Å²) in [6.45, 7) is 1.17. The molecule has 0 aliphatic rings. The van der Waals surface area contributed by atoms with E-state index in [9.17, 15) is 4.79 Å². The van der Waals surface area contributed by atoms with Gasteiger partial charge in [-0.3, -0.25) is 4.79 Å². The molecule has 0 radical (unpaired) electrons. The highest BCUT2D eigenvalue weighted by atomic mass is 35.5. The topological polar surface area (TPSA) is 56.1 Å². The highest BCUT2D eigenvalue weighted by Gasteiger charge is 2.13. The fraction of sp³-hybridized carbons (Fsp3) is 0.200. The largest absolute Gasteiger partial charge is 0.496 e. The van der Waals surface area contributed by atoms with Crippen molar-refractivity contribution in [3.05, 3.63) is 93.7 Å². The number of carbonyl (C=O) groups excluding carboxylic acids is 1. The fourth-order valence-electron chi connectivity index (χ4n) is 3.69.